The first-order valence-electron chi connectivity index (χ1n) is 6.86. The molecule has 1 saturated heterocycles. The Labute approximate surface area is 114 Å². The molecule has 1 aliphatic heterocycles. The van der Waals surface area contributed by atoms with Crippen LogP contribution in [0.15, 0.2) is 30.3 Å². The highest BCUT2D eigenvalue weighted by atomic mass is 16.5. The van der Waals surface area contributed by atoms with Crippen LogP contribution in [0.1, 0.15) is 18.4 Å². The fourth-order valence-electron chi connectivity index (χ4n) is 2.49. The summed E-state index contributed by atoms with van der Waals surface area (Å²) in [6.45, 7) is 3.95. The summed E-state index contributed by atoms with van der Waals surface area (Å²) in [5.74, 6) is 0.575. The average Bonchev–Trinajstić information content (AvgIpc) is 2.47. The number of hydrogen-bond donors (Lipinski definition) is 1. The molecule has 1 aromatic carbocycles. The number of likely N-dealkylation sites (tertiary alicyclic amines) is 1. The summed E-state index contributed by atoms with van der Waals surface area (Å²) in [5.41, 5.74) is 1.37. The minimum Gasteiger partial charge on any atom is -0.453 e. The fraction of sp³-hybridized carbons (Fsp3) is 0.533. The molecule has 0 aliphatic carbocycles. The van der Waals surface area contributed by atoms with Gasteiger partial charge in [-0.1, -0.05) is 30.3 Å². The molecular formula is C15H22N2O2. The Balaban J connectivity index is 1.69. The zero-order valence-corrected chi connectivity index (χ0v) is 11.5. The lowest BCUT2D eigenvalue weighted by Gasteiger charge is -2.31. The molecule has 1 fully saturated rings. The van der Waals surface area contributed by atoms with Gasteiger partial charge in [0.25, 0.3) is 0 Å². The fourth-order valence-corrected chi connectivity index (χ4v) is 2.49. The normalized spacial score (nSPS) is 17.1. The highest BCUT2D eigenvalue weighted by Gasteiger charge is 2.19. The molecule has 19 heavy (non-hydrogen) atoms. The quantitative estimate of drug-likeness (QED) is 0.905. The van der Waals surface area contributed by atoms with Crippen LogP contribution in [-0.4, -0.2) is 37.7 Å². The van der Waals surface area contributed by atoms with Gasteiger partial charge in [-0.3, -0.25) is 4.90 Å². The molecular weight excluding hydrogens is 240 g/mol. The Hall–Kier alpha value is -1.55. The molecule has 0 unspecified atom stereocenters. The molecule has 4 nitrogen and oxygen atoms in total. The SMILES string of the molecule is COC(=O)NCC1CCN(Cc2ccccc2)CC1. The molecule has 2 rings (SSSR count). The summed E-state index contributed by atoms with van der Waals surface area (Å²) in [6, 6.07) is 10.6. The monoisotopic (exact) mass is 262 g/mol. The Morgan fingerprint density at radius 2 is 2.00 bits per heavy atom. The standard InChI is InChI=1S/C15H22N2O2/c1-19-15(18)16-11-13-7-9-17(10-8-13)12-14-5-3-2-4-6-14/h2-6,13H,7-12H2,1H3,(H,16,18). The lowest BCUT2D eigenvalue weighted by molar-refractivity contribution is 0.155. The van der Waals surface area contributed by atoms with Crippen molar-refractivity contribution in [3.05, 3.63) is 35.9 Å². The number of alkyl carbamates (subject to hydrolysis) is 1. The van der Waals surface area contributed by atoms with Crippen molar-refractivity contribution in [2.45, 2.75) is 19.4 Å². The highest BCUT2D eigenvalue weighted by molar-refractivity contribution is 5.66. The largest absolute Gasteiger partial charge is 0.453 e. The van der Waals surface area contributed by atoms with Gasteiger partial charge in [0.2, 0.25) is 0 Å². The van der Waals surface area contributed by atoms with Crippen LogP contribution < -0.4 is 5.32 Å². The van der Waals surface area contributed by atoms with Crippen LogP contribution in [0.2, 0.25) is 0 Å². The van der Waals surface area contributed by atoms with Gasteiger partial charge in [-0.25, -0.2) is 4.79 Å². The van der Waals surface area contributed by atoms with E-state index in [0.29, 0.717) is 5.92 Å². The van der Waals surface area contributed by atoms with E-state index in [-0.39, 0.29) is 6.09 Å². The third-order valence-electron chi connectivity index (χ3n) is 3.68. The van der Waals surface area contributed by atoms with Crippen LogP contribution in [0, 0.1) is 5.92 Å². The van der Waals surface area contributed by atoms with Crippen LogP contribution in [0.3, 0.4) is 0 Å². The van der Waals surface area contributed by atoms with Crippen LogP contribution in [0.4, 0.5) is 4.79 Å². The van der Waals surface area contributed by atoms with Crippen molar-refractivity contribution < 1.29 is 9.53 Å². The van der Waals surface area contributed by atoms with Crippen molar-refractivity contribution in [2.24, 2.45) is 5.92 Å². The van der Waals surface area contributed by atoms with E-state index in [1.807, 2.05) is 6.07 Å². The van der Waals surface area contributed by atoms with Gasteiger partial charge < -0.3 is 10.1 Å². The van der Waals surface area contributed by atoms with Crippen molar-refractivity contribution in [2.75, 3.05) is 26.7 Å². The number of ether oxygens (including phenoxy) is 1. The van der Waals surface area contributed by atoms with Crippen molar-refractivity contribution in [3.8, 4) is 0 Å². The molecule has 0 aromatic heterocycles. The topological polar surface area (TPSA) is 41.6 Å². The number of carbonyl (C=O) groups is 1. The minimum atomic E-state index is -0.327. The predicted octanol–water partition coefficient (Wildman–Crippen LogP) is 2.25. The summed E-state index contributed by atoms with van der Waals surface area (Å²) in [7, 11) is 1.40. The molecule has 1 heterocycles. The lowest BCUT2D eigenvalue weighted by atomic mass is 9.96. The number of benzene rings is 1. The van der Waals surface area contributed by atoms with Gasteiger partial charge in [0.1, 0.15) is 0 Å². The number of amides is 1. The number of piperidine rings is 1. The smallest absolute Gasteiger partial charge is 0.406 e. The van der Waals surface area contributed by atoms with E-state index in [1.54, 1.807) is 0 Å². The number of rotatable bonds is 4. The second-order valence-corrected chi connectivity index (χ2v) is 5.08. The van der Waals surface area contributed by atoms with E-state index < -0.39 is 0 Å². The molecule has 0 saturated carbocycles. The summed E-state index contributed by atoms with van der Waals surface area (Å²) < 4.78 is 4.58. The van der Waals surface area contributed by atoms with Crippen molar-refractivity contribution >= 4 is 6.09 Å². The maximum atomic E-state index is 11.0. The molecule has 0 spiro atoms. The van der Waals surface area contributed by atoms with Crippen LogP contribution >= 0.6 is 0 Å². The van der Waals surface area contributed by atoms with Gasteiger partial charge in [-0.15, -0.1) is 0 Å². The van der Waals surface area contributed by atoms with Crippen LogP contribution in [0.5, 0.6) is 0 Å². The Bertz CT molecular complexity index is 386. The molecule has 104 valence electrons. The van der Waals surface area contributed by atoms with E-state index in [0.717, 1.165) is 39.0 Å². The second kappa shape index (κ2) is 7.14. The maximum Gasteiger partial charge on any atom is 0.406 e. The third-order valence-corrected chi connectivity index (χ3v) is 3.68. The van der Waals surface area contributed by atoms with Gasteiger partial charge in [0.15, 0.2) is 0 Å². The van der Waals surface area contributed by atoms with E-state index in [4.69, 9.17) is 0 Å². The van der Waals surface area contributed by atoms with Gasteiger partial charge in [0.05, 0.1) is 7.11 Å². The molecule has 0 atom stereocenters. The molecule has 1 N–H and O–H groups in total. The maximum absolute atomic E-state index is 11.0. The average molecular weight is 262 g/mol. The third kappa shape index (κ3) is 4.56. The first-order chi connectivity index (χ1) is 9.28. The molecule has 1 aliphatic rings. The second-order valence-electron chi connectivity index (χ2n) is 5.08. The van der Waals surface area contributed by atoms with E-state index >= 15 is 0 Å². The number of carbonyl (C=O) groups excluding carboxylic acids is 1. The Kier molecular flexibility index (Phi) is 5.21. The zero-order valence-electron chi connectivity index (χ0n) is 11.5. The van der Waals surface area contributed by atoms with E-state index in [1.165, 1.54) is 12.7 Å². The van der Waals surface area contributed by atoms with Gasteiger partial charge >= 0.3 is 6.09 Å². The molecule has 1 aromatic rings. The predicted molar refractivity (Wildman–Crippen MR) is 74.9 cm³/mol. The summed E-state index contributed by atoms with van der Waals surface area (Å²) >= 11 is 0. The first kappa shape index (κ1) is 13.9. The first-order valence-corrected chi connectivity index (χ1v) is 6.86. The number of nitrogens with one attached hydrogen (secondary N) is 1. The number of nitrogens with zero attached hydrogens (tertiary/aromatic N) is 1. The Morgan fingerprint density at radius 3 is 2.63 bits per heavy atom. The number of methoxy groups -OCH3 is 1. The number of hydrogen-bond acceptors (Lipinski definition) is 3. The molecule has 0 radical (unpaired) electrons. The van der Waals surface area contributed by atoms with Crippen molar-refractivity contribution in [3.63, 3.8) is 0 Å². The zero-order chi connectivity index (χ0) is 13.5. The molecule has 1 amide bonds. The van der Waals surface area contributed by atoms with Gasteiger partial charge in [0, 0.05) is 13.1 Å². The van der Waals surface area contributed by atoms with Crippen LogP contribution in [0.25, 0.3) is 0 Å². The van der Waals surface area contributed by atoms with E-state index in [9.17, 15) is 4.79 Å². The van der Waals surface area contributed by atoms with E-state index in [2.05, 4.69) is 39.2 Å². The Morgan fingerprint density at radius 1 is 1.32 bits per heavy atom. The molecule has 4 heteroatoms. The summed E-state index contributed by atoms with van der Waals surface area (Å²) in [6.07, 6.45) is 1.94. The summed E-state index contributed by atoms with van der Waals surface area (Å²) in [5, 5.41) is 2.79. The molecule has 0 bridgehead atoms. The van der Waals surface area contributed by atoms with Crippen molar-refractivity contribution in [1.82, 2.24) is 10.2 Å². The van der Waals surface area contributed by atoms with Crippen molar-refractivity contribution in [1.29, 1.82) is 0 Å². The summed E-state index contributed by atoms with van der Waals surface area (Å²) in [4.78, 5) is 13.5. The highest BCUT2D eigenvalue weighted by Crippen LogP contribution is 2.18. The van der Waals surface area contributed by atoms with Crippen LogP contribution in [-0.2, 0) is 11.3 Å². The van der Waals surface area contributed by atoms with Gasteiger partial charge in [-0.2, -0.15) is 0 Å². The lowest BCUT2D eigenvalue weighted by Crippen LogP contribution is -2.38. The van der Waals surface area contributed by atoms with Gasteiger partial charge in [-0.05, 0) is 37.4 Å². The minimum absolute atomic E-state index is 0.327.